The summed E-state index contributed by atoms with van der Waals surface area (Å²) in [5.74, 6) is 0.171. The number of aryl methyl sites for hydroxylation is 1. The average Bonchev–Trinajstić information content (AvgIpc) is 2.80. The van der Waals surface area contributed by atoms with E-state index < -0.39 is 0 Å². The second-order valence-corrected chi connectivity index (χ2v) is 4.68. The number of rotatable bonds is 4. The van der Waals surface area contributed by atoms with Gasteiger partial charge in [0.25, 0.3) is 0 Å². The van der Waals surface area contributed by atoms with Gasteiger partial charge >= 0.3 is 0 Å². The molecule has 0 aliphatic heterocycles. The molecular weight excluding hydrogens is 232 g/mol. The number of hydrogen-bond acceptors (Lipinski definition) is 3. The molecule has 3 nitrogen and oxygen atoms in total. The minimum absolute atomic E-state index is 0.171. The molecule has 0 bridgehead atoms. The SMILES string of the molecule is CCC(=O)c1ccc(SC)n2nc(CC)cc12. The molecule has 0 atom stereocenters. The van der Waals surface area contributed by atoms with E-state index in [4.69, 9.17) is 0 Å². The minimum atomic E-state index is 0.171. The van der Waals surface area contributed by atoms with Crippen LogP contribution in [0.25, 0.3) is 5.52 Å². The number of hydrogen-bond donors (Lipinski definition) is 0. The smallest absolute Gasteiger partial charge is 0.164 e. The topological polar surface area (TPSA) is 34.4 Å². The largest absolute Gasteiger partial charge is 0.294 e. The molecule has 2 rings (SSSR count). The van der Waals surface area contributed by atoms with Crippen molar-refractivity contribution in [3.63, 3.8) is 0 Å². The summed E-state index contributed by atoms with van der Waals surface area (Å²) in [6.45, 7) is 3.96. The summed E-state index contributed by atoms with van der Waals surface area (Å²) in [6.07, 6.45) is 3.43. The number of nitrogens with zero attached hydrogens (tertiary/aromatic N) is 2. The number of aromatic nitrogens is 2. The second-order valence-electron chi connectivity index (χ2n) is 3.85. The molecule has 0 N–H and O–H groups in total. The number of fused-ring (bicyclic) bond motifs is 1. The van der Waals surface area contributed by atoms with Gasteiger partial charge in [-0.05, 0) is 30.9 Å². The third-order valence-electron chi connectivity index (χ3n) is 2.83. The molecule has 2 heterocycles. The monoisotopic (exact) mass is 248 g/mol. The summed E-state index contributed by atoms with van der Waals surface area (Å²) in [7, 11) is 0. The summed E-state index contributed by atoms with van der Waals surface area (Å²) in [5, 5.41) is 5.59. The molecule has 0 aliphatic carbocycles. The lowest BCUT2D eigenvalue weighted by molar-refractivity contribution is 0.0989. The zero-order chi connectivity index (χ0) is 12.4. The Bertz CT molecular complexity index is 560. The van der Waals surface area contributed by atoms with Crippen LogP contribution in [0.5, 0.6) is 0 Å². The predicted octanol–water partition coefficient (Wildman–Crippen LogP) is 3.21. The van der Waals surface area contributed by atoms with E-state index in [0.717, 1.165) is 28.2 Å². The molecular formula is C13H16N2OS. The van der Waals surface area contributed by atoms with Crippen LogP contribution in [0, 0.1) is 0 Å². The van der Waals surface area contributed by atoms with Gasteiger partial charge in [0.05, 0.1) is 16.2 Å². The van der Waals surface area contributed by atoms with Gasteiger partial charge in [-0.15, -0.1) is 11.8 Å². The Kier molecular flexibility index (Phi) is 3.52. The first-order chi connectivity index (χ1) is 8.21. The van der Waals surface area contributed by atoms with Crippen molar-refractivity contribution >= 4 is 23.1 Å². The highest BCUT2D eigenvalue weighted by Crippen LogP contribution is 2.22. The van der Waals surface area contributed by atoms with Crippen LogP contribution in [0.1, 0.15) is 36.3 Å². The van der Waals surface area contributed by atoms with E-state index in [1.54, 1.807) is 11.8 Å². The number of ketones is 1. The molecule has 0 unspecified atom stereocenters. The van der Waals surface area contributed by atoms with E-state index in [2.05, 4.69) is 12.0 Å². The third kappa shape index (κ3) is 2.09. The summed E-state index contributed by atoms with van der Waals surface area (Å²) < 4.78 is 1.88. The van der Waals surface area contributed by atoms with Crippen molar-refractivity contribution in [1.82, 2.24) is 9.61 Å². The normalized spacial score (nSPS) is 11.0. The van der Waals surface area contributed by atoms with Crippen LogP contribution in [0.15, 0.2) is 23.2 Å². The van der Waals surface area contributed by atoms with E-state index in [0.29, 0.717) is 6.42 Å². The van der Waals surface area contributed by atoms with E-state index in [1.165, 1.54) is 0 Å². The van der Waals surface area contributed by atoms with Crippen LogP contribution < -0.4 is 0 Å². The molecule has 0 aliphatic rings. The molecule has 0 spiro atoms. The highest BCUT2D eigenvalue weighted by atomic mass is 32.2. The van der Waals surface area contributed by atoms with Crippen molar-refractivity contribution in [3.8, 4) is 0 Å². The van der Waals surface area contributed by atoms with Crippen molar-refractivity contribution in [2.24, 2.45) is 0 Å². The molecule has 0 aromatic carbocycles. The second kappa shape index (κ2) is 4.92. The Hall–Kier alpha value is -1.29. The summed E-state index contributed by atoms with van der Waals surface area (Å²) in [6, 6.07) is 5.89. The van der Waals surface area contributed by atoms with Gasteiger partial charge in [0, 0.05) is 12.0 Å². The fourth-order valence-corrected chi connectivity index (χ4v) is 2.37. The van der Waals surface area contributed by atoms with Crippen LogP contribution >= 0.6 is 11.8 Å². The van der Waals surface area contributed by atoms with Crippen LogP contribution in [-0.4, -0.2) is 21.7 Å². The minimum Gasteiger partial charge on any atom is -0.294 e. The average molecular weight is 248 g/mol. The zero-order valence-corrected chi connectivity index (χ0v) is 11.2. The Morgan fingerprint density at radius 1 is 1.41 bits per heavy atom. The Morgan fingerprint density at radius 3 is 2.76 bits per heavy atom. The fraction of sp³-hybridized carbons (Fsp3) is 0.385. The predicted molar refractivity (Wildman–Crippen MR) is 71.0 cm³/mol. The van der Waals surface area contributed by atoms with Gasteiger partial charge in [0.2, 0.25) is 0 Å². The number of Topliss-reactive ketones (excluding diaryl/α,β-unsaturated/α-hetero) is 1. The summed E-state index contributed by atoms with van der Waals surface area (Å²) >= 11 is 1.64. The van der Waals surface area contributed by atoms with Crippen LogP contribution in [0.3, 0.4) is 0 Å². The number of carbonyl (C=O) groups excluding carboxylic acids is 1. The van der Waals surface area contributed by atoms with Crippen LogP contribution in [0.4, 0.5) is 0 Å². The first-order valence-electron chi connectivity index (χ1n) is 5.80. The molecule has 2 aromatic heterocycles. The first kappa shape index (κ1) is 12.2. The quantitative estimate of drug-likeness (QED) is 0.615. The maximum absolute atomic E-state index is 11.9. The number of pyridine rings is 1. The fourth-order valence-electron chi connectivity index (χ4n) is 1.85. The van der Waals surface area contributed by atoms with Gasteiger partial charge in [-0.25, -0.2) is 4.52 Å². The molecule has 4 heteroatoms. The third-order valence-corrected chi connectivity index (χ3v) is 3.56. The van der Waals surface area contributed by atoms with Crippen LogP contribution in [0.2, 0.25) is 0 Å². The van der Waals surface area contributed by atoms with Gasteiger partial charge in [-0.2, -0.15) is 5.10 Å². The van der Waals surface area contributed by atoms with Crippen molar-refractivity contribution in [1.29, 1.82) is 0 Å². The molecule has 2 aromatic rings. The van der Waals surface area contributed by atoms with Gasteiger partial charge in [0.1, 0.15) is 0 Å². The molecule has 17 heavy (non-hydrogen) atoms. The molecule has 0 amide bonds. The lowest BCUT2D eigenvalue weighted by Gasteiger charge is -2.05. The maximum atomic E-state index is 11.9. The number of thioether (sulfide) groups is 1. The lowest BCUT2D eigenvalue weighted by Crippen LogP contribution is -2.02. The molecule has 0 saturated carbocycles. The highest BCUT2D eigenvalue weighted by molar-refractivity contribution is 7.98. The highest BCUT2D eigenvalue weighted by Gasteiger charge is 2.13. The molecule has 0 fully saturated rings. The van der Waals surface area contributed by atoms with Crippen molar-refractivity contribution in [2.75, 3.05) is 6.26 Å². The molecule has 0 radical (unpaired) electrons. The Morgan fingerprint density at radius 2 is 2.18 bits per heavy atom. The molecule has 90 valence electrons. The van der Waals surface area contributed by atoms with Crippen LogP contribution in [-0.2, 0) is 6.42 Å². The van der Waals surface area contributed by atoms with Crippen molar-refractivity contribution < 1.29 is 4.79 Å². The Labute approximate surface area is 105 Å². The van der Waals surface area contributed by atoms with Gasteiger partial charge < -0.3 is 0 Å². The maximum Gasteiger partial charge on any atom is 0.164 e. The van der Waals surface area contributed by atoms with Gasteiger partial charge in [0.15, 0.2) is 5.78 Å². The van der Waals surface area contributed by atoms with E-state index in [1.807, 2.05) is 35.9 Å². The van der Waals surface area contributed by atoms with E-state index in [-0.39, 0.29) is 5.78 Å². The number of carbonyl (C=O) groups is 1. The van der Waals surface area contributed by atoms with Gasteiger partial charge in [-0.3, -0.25) is 4.79 Å². The van der Waals surface area contributed by atoms with Crippen molar-refractivity contribution in [3.05, 3.63) is 29.5 Å². The lowest BCUT2D eigenvalue weighted by atomic mass is 10.1. The van der Waals surface area contributed by atoms with Crippen molar-refractivity contribution in [2.45, 2.75) is 31.7 Å². The zero-order valence-electron chi connectivity index (χ0n) is 10.4. The van der Waals surface area contributed by atoms with E-state index in [9.17, 15) is 4.79 Å². The van der Waals surface area contributed by atoms with Gasteiger partial charge in [-0.1, -0.05) is 13.8 Å². The summed E-state index contributed by atoms with van der Waals surface area (Å²) in [4.78, 5) is 11.9. The Balaban J connectivity index is 2.71. The standard InChI is InChI=1S/C13H16N2OS/c1-4-9-8-11-10(12(16)5-2)6-7-13(17-3)15(11)14-9/h6-8H,4-5H2,1-3H3. The summed E-state index contributed by atoms with van der Waals surface area (Å²) in [5.41, 5.74) is 2.73. The van der Waals surface area contributed by atoms with E-state index >= 15 is 0 Å². The molecule has 0 saturated heterocycles. The first-order valence-corrected chi connectivity index (χ1v) is 7.02.